The summed E-state index contributed by atoms with van der Waals surface area (Å²) >= 11 is 6.25. The van der Waals surface area contributed by atoms with E-state index in [0.717, 1.165) is 40.2 Å². The van der Waals surface area contributed by atoms with Crippen LogP contribution < -0.4 is 10.6 Å². The van der Waals surface area contributed by atoms with Crippen LogP contribution in [0.1, 0.15) is 36.8 Å². The van der Waals surface area contributed by atoms with Crippen LogP contribution in [-0.4, -0.2) is 16.5 Å². The summed E-state index contributed by atoms with van der Waals surface area (Å²) in [6.07, 6.45) is 0. The maximum Gasteiger partial charge on any atom is 0.135 e. The van der Waals surface area contributed by atoms with E-state index in [2.05, 4.69) is 34.4 Å². The van der Waals surface area contributed by atoms with Gasteiger partial charge in [0.2, 0.25) is 0 Å². The lowest BCUT2D eigenvalue weighted by Gasteiger charge is -2.19. The third kappa shape index (κ3) is 3.64. The van der Waals surface area contributed by atoms with E-state index < -0.39 is 0 Å². The van der Waals surface area contributed by atoms with E-state index in [9.17, 15) is 0 Å². The van der Waals surface area contributed by atoms with Gasteiger partial charge in [0.05, 0.1) is 6.04 Å². The molecule has 0 amide bonds. The van der Waals surface area contributed by atoms with E-state index in [1.165, 1.54) is 0 Å². The Kier molecular flexibility index (Phi) is 5.02. The lowest BCUT2D eigenvalue weighted by Crippen LogP contribution is -2.13. The zero-order chi connectivity index (χ0) is 15.4. The van der Waals surface area contributed by atoms with Gasteiger partial charge < -0.3 is 10.6 Å². The molecule has 0 radical (unpaired) electrons. The Morgan fingerprint density at radius 2 is 1.81 bits per heavy atom. The van der Waals surface area contributed by atoms with Crippen LogP contribution in [-0.2, 0) is 0 Å². The number of rotatable bonds is 5. The first-order valence-electron chi connectivity index (χ1n) is 7.13. The quantitative estimate of drug-likeness (QED) is 0.862. The molecule has 1 heterocycles. The fourth-order valence-electron chi connectivity index (χ4n) is 2.22. The van der Waals surface area contributed by atoms with Crippen LogP contribution in [0.15, 0.2) is 24.3 Å². The molecule has 1 aromatic carbocycles. The molecule has 0 aliphatic carbocycles. The molecule has 0 spiro atoms. The highest BCUT2D eigenvalue weighted by Crippen LogP contribution is 2.27. The highest BCUT2D eigenvalue weighted by molar-refractivity contribution is 6.31. The highest BCUT2D eigenvalue weighted by atomic mass is 35.5. The first-order valence-corrected chi connectivity index (χ1v) is 7.50. The van der Waals surface area contributed by atoms with Gasteiger partial charge in [0.25, 0.3) is 0 Å². The van der Waals surface area contributed by atoms with Crippen LogP contribution in [0, 0.1) is 13.8 Å². The minimum Gasteiger partial charge on any atom is -0.370 e. The van der Waals surface area contributed by atoms with Crippen molar-refractivity contribution in [3.05, 3.63) is 46.2 Å². The summed E-state index contributed by atoms with van der Waals surface area (Å²) in [5.41, 5.74) is 2.07. The Bertz CT molecular complexity index is 628. The van der Waals surface area contributed by atoms with Gasteiger partial charge in [-0.25, -0.2) is 9.97 Å². The van der Waals surface area contributed by atoms with Crippen LogP contribution >= 0.6 is 11.6 Å². The van der Waals surface area contributed by atoms with Crippen molar-refractivity contribution in [2.24, 2.45) is 0 Å². The Balaban J connectivity index is 2.29. The molecule has 1 atom stereocenters. The van der Waals surface area contributed by atoms with Crippen LogP contribution in [0.25, 0.3) is 0 Å². The molecule has 0 aliphatic heterocycles. The average Bonchev–Trinajstić information content (AvgIpc) is 2.44. The van der Waals surface area contributed by atoms with E-state index in [4.69, 9.17) is 11.6 Å². The molecule has 2 aromatic rings. The Morgan fingerprint density at radius 3 is 2.48 bits per heavy atom. The molecular formula is C16H21ClN4. The first kappa shape index (κ1) is 15.6. The maximum absolute atomic E-state index is 6.25. The van der Waals surface area contributed by atoms with E-state index in [1.54, 1.807) is 0 Å². The zero-order valence-electron chi connectivity index (χ0n) is 12.9. The van der Waals surface area contributed by atoms with Crippen molar-refractivity contribution in [3.63, 3.8) is 0 Å². The summed E-state index contributed by atoms with van der Waals surface area (Å²) in [4.78, 5) is 8.94. The van der Waals surface area contributed by atoms with Gasteiger partial charge in [0.1, 0.15) is 17.5 Å². The molecule has 0 saturated heterocycles. The van der Waals surface area contributed by atoms with Gasteiger partial charge in [-0.3, -0.25) is 0 Å². The van der Waals surface area contributed by atoms with Gasteiger partial charge in [0, 0.05) is 17.1 Å². The molecule has 2 rings (SSSR count). The fraction of sp³-hybridized carbons (Fsp3) is 0.375. The molecule has 1 unspecified atom stereocenters. The molecule has 0 bridgehead atoms. The van der Waals surface area contributed by atoms with Crippen molar-refractivity contribution in [2.75, 3.05) is 17.2 Å². The number of hydrogen-bond donors (Lipinski definition) is 2. The van der Waals surface area contributed by atoms with Crippen molar-refractivity contribution in [2.45, 2.75) is 33.7 Å². The van der Waals surface area contributed by atoms with Gasteiger partial charge >= 0.3 is 0 Å². The number of aryl methyl sites for hydroxylation is 1. The SMILES string of the molecule is CCNc1nc(C)nc(NC(C)c2ccccc2Cl)c1C. The number of nitrogens with one attached hydrogen (secondary N) is 2. The van der Waals surface area contributed by atoms with Crippen molar-refractivity contribution >= 4 is 23.2 Å². The normalized spacial score (nSPS) is 12.0. The highest BCUT2D eigenvalue weighted by Gasteiger charge is 2.14. The van der Waals surface area contributed by atoms with Crippen LogP contribution in [0.5, 0.6) is 0 Å². The third-order valence-electron chi connectivity index (χ3n) is 3.33. The summed E-state index contributed by atoms with van der Waals surface area (Å²) in [6.45, 7) is 8.86. The lowest BCUT2D eigenvalue weighted by atomic mass is 10.1. The second-order valence-corrected chi connectivity index (χ2v) is 5.42. The minimum atomic E-state index is 0.0705. The molecule has 112 valence electrons. The second-order valence-electron chi connectivity index (χ2n) is 5.01. The number of aromatic nitrogens is 2. The molecule has 0 saturated carbocycles. The van der Waals surface area contributed by atoms with E-state index >= 15 is 0 Å². The van der Waals surface area contributed by atoms with Crippen molar-refractivity contribution < 1.29 is 0 Å². The molecule has 5 heteroatoms. The van der Waals surface area contributed by atoms with Gasteiger partial charge in [0.15, 0.2) is 0 Å². The molecule has 0 fully saturated rings. The smallest absolute Gasteiger partial charge is 0.135 e. The van der Waals surface area contributed by atoms with E-state index in [0.29, 0.717) is 0 Å². The predicted molar refractivity (Wildman–Crippen MR) is 89.2 cm³/mol. The van der Waals surface area contributed by atoms with Crippen LogP contribution in [0.3, 0.4) is 0 Å². The fourth-order valence-corrected chi connectivity index (χ4v) is 2.52. The standard InChI is InChI=1S/C16H21ClN4/c1-5-18-15-10(2)16(21-12(4)20-15)19-11(3)13-8-6-7-9-14(13)17/h6-9,11H,5H2,1-4H3,(H2,18,19,20,21). The number of nitrogens with zero attached hydrogens (tertiary/aromatic N) is 2. The molecule has 4 nitrogen and oxygen atoms in total. The molecular weight excluding hydrogens is 284 g/mol. The molecule has 2 N–H and O–H groups in total. The minimum absolute atomic E-state index is 0.0705. The largest absolute Gasteiger partial charge is 0.370 e. The van der Waals surface area contributed by atoms with Crippen molar-refractivity contribution in [3.8, 4) is 0 Å². The van der Waals surface area contributed by atoms with Crippen molar-refractivity contribution in [1.29, 1.82) is 0 Å². The average molecular weight is 305 g/mol. The number of anilines is 2. The summed E-state index contributed by atoms with van der Waals surface area (Å²) < 4.78 is 0. The Labute approximate surface area is 131 Å². The molecule has 0 aliphatic rings. The van der Waals surface area contributed by atoms with E-state index in [-0.39, 0.29) is 6.04 Å². The lowest BCUT2D eigenvalue weighted by molar-refractivity contribution is 0.862. The summed E-state index contributed by atoms with van der Waals surface area (Å²) in [6, 6.07) is 7.91. The summed E-state index contributed by atoms with van der Waals surface area (Å²) in [7, 11) is 0. The van der Waals surface area contributed by atoms with Gasteiger partial charge in [-0.05, 0) is 39.3 Å². The van der Waals surface area contributed by atoms with Crippen LogP contribution in [0.4, 0.5) is 11.6 Å². The van der Waals surface area contributed by atoms with Gasteiger partial charge in [-0.1, -0.05) is 29.8 Å². The topological polar surface area (TPSA) is 49.8 Å². The Morgan fingerprint density at radius 1 is 1.14 bits per heavy atom. The monoisotopic (exact) mass is 304 g/mol. The predicted octanol–water partition coefficient (Wildman–Crippen LogP) is 4.35. The first-order chi connectivity index (χ1) is 10.0. The van der Waals surface area contributed by atoms with Crippen LogP contribution in [0.2, 0.25) is 5.02 Å². The molecule has 21 heavy (non-hydrogen) atoms. The summed E-state index contributed by atoms with van der Waals surface area (Å²) in [5, 5.41) is 7.45. The number of halogens is 1. The van der Waals surface area contributed by atoms with Gasteiger partial charge in [-0.15, -0.1) is 0 Å². The summed E-state index contributed by atoms with van der Waals surface area (Å²) in [5.74, 6) is 2.45. The van der Waals surface area contributed by atoms with Gasteiger partial charge in [-0.2, -0.15) is 0 Å². The number of benzene rings is 1. The molecule has 1 aromatic heterocycles. The maximum atomic E-state index is 6.25. The van der Waals surface area contributed by atoms with Crippen molar-refractivity contribution in [1.82, 2.24) is 9.97 Å². The Hall–Kier alpha value is -1.81. The van der Waals surface area contributed by atoms with E-state index in [1.807, 2.05) is 38.1 Å². The third-order valence-corrected chi connectivity index (χ3v) is 3.67. The number of hydrogen-bond acceptors (Lipinski definition) is 4. The second kappa shape index (κ2) is 6.76. The zero-order valence-corrected chi connectivity index (χ0v) is 13.6.